The van der Waals surface area contributed by atoms with Crippen LogP contribution in [0.4, 0.5) is 5.69 Å². The van der Waals surface area contributed by atoms with Crippen molar-refractivity contribution >= 4 is 11.6 Å². The lowest BCUT2D eigenvalue weighted by Crippen LogP contribution is -2.11. The molecule has 0 aliphatic rings. The van der Waals surface area contributed by atoms with E-state index in [1.165, 1.54) is 0 Å². The van der Waals surface area contributed by atoms with E-state index in [9.17, 15) is 4.79 Å². The Morgan fingerprint density at radius 2 is 1.76 bits per heavy atom. The van der Waals surface area contributed by atoms with Gasteiger partial charge in [-0.2, -0.15) is 0 Å². The molecule has 0 unspecified atom stereocenters. The largest absolute Gasteiger partial charge is 0.497 e. The van der Waals surface area contributed by atoms with Crippen molar-refractivity contribution in [3.8, 4) is 22.8 Å². The van der Waals surface area contributed by atoms with Crippen molar-refractivity contribution in [2.45, 2.75) is 0 Å². The first-order chi connectivity index (χ1) is 12.2. The molecular formula is C20H18N2O3. The third-order valence-corrected chi connectivity index (χ3v) is 3.74. The van der Waals surface area contributed by atoms with E-state index in [4.69, 9.17) is 9.47 Å². The highest BCUT2D eigenvalue weighted by Gasteiger charge is 2.10. The summed E-state index contributed by atoms with van der Waals surface area (Å²) in [7, 11) is 3.20. The van der Waals surface area contributed by atoms with Crippen LogP contribution in [0, 0.1) is 0 Å². The SMILES string of the molecule is COc1cccc(NC(=O)c2ccc(-c3ncccc3OC)cc2)c1. The molecule has 3 aromatic rings. The molecule has 1 N–H and O–H groups in total. The molecule has 0 bridgehead atoms. The normalized spacial score (nSPS) is 10.2. The molecule has 1 aromatic heterocycles. The van der Waals surface area contributed by atoms with Crippen LogP contribution in [-0.4, -0.2) is 25.1 Å². The molecule has 0 fully saturated rings. The van der Waals surface area contributed by atoms with Gasteiger partial charge in [0.25, 0.3) is 5.91 Å². The number of benzene rings is 2. The second-order valence-corrected chi connectivity index (χ2v) is 5.32. The van der Waals surface area contributed by atoms with Gasteiger partial charge in [0.2, 0.25) is 0 Å². The van der Waals surface area contributed by atoms with Crippen molar-refractivity contribution in [1.29, 1.82) is 0 Å². The molecule has 5 nitrogen and oxygen atoms in total. The fourth-order valence-electron chi connectivity index (χ4n) is 2.46. The quantitative estimate of drug-likeness (QED) is 0.765. The number of nitrogens with zero attached hydrogens (tertiary/aromatic N) is 1. The first kappa shape index (κ1) is 16.5. The van der Waals surface area contributed by atoms with Crippen LogP contribution < -0.4 is 14.8 Å². The molecule has 3 rings (SSSR count). The second-order valence-electron chi connectivity index (χ2n) is 5.32. The summed E-state index contributed by atoms with van der Waals surface area (Å²) in [5.74, 6) is 1.19. The smallest absolute Gasteiger partial charge is 0.255 e. The van der Waals surface area contributed by atoms with Gasteiger partial charge >= 0.3 is 0 Å². The van der Waals surface area contributed by atoms with Crippen LogP contribution in [0.25, 0.3) is 11.3 Å². The summed E-state index contributed by atoms with van der Waals surface area (Å²) < 4.78 is 10.5. The van der Waals surface area contributed by atoms with Crippen LogP contribution in [0.3, 0.4) is 0 Å². The van der Waals surface area contributed by atoms with Crippen molar-refractivity contribution < 1.29 is 14.3 Å². The highest BCUT2D eigenvalue weighted by molar-refractivity contribution is 6.04. The van der Waals surface area contributed by atoms with E-state index < -0.39 is 0 Å². The number of ether oxygens (including phenoxy) is 2. The number of hydrogen-bond donors (Lipinski definition) is 1. The summed E-state index contributed by atoms with van der Waals surface area (Å²) in [4.78, 5) is 16.7. The zero-order valence-corrected chi connectivity index (χ0v) is 14.0. The van der Waals surface area contributed by atoms with Gasteiger partial charge in [-0.05, 0) is 36.4 Å². The van der Waals surface area contributed by atoms with Crippen LogP contribution in [0.5, 0.6) is 11.5 Å². The molecule has 1 heterocycles. The molecule has 5 heteroatoms. The summed E-state index contributed by atoms with van der Waals surface area (Å²) in [6.45, 7) is 0. The molecule has 0 radical (unpaired) electrons. The number of aromatic nitrogens is 1. The Morgan fingerprint density at radius 1 is 0.960 bits per heavy atom. The van der Waals surface area contributed by atoms with E-state index in [2.05, 4.69) is 10.3 Å². The summed E-state index contributed by atoms with van der Waals surface area (Å²) in [5.41, 5.74) is 2.86. The van der Waals surface area contributed by atoms with Crippen LogP contribution in [-0.2, 0) is 0 Å². The molecule has 25 heavy (non-hydrogen) atoms. The summed E-state index contributed by atoms with van der Waals surface area (Å²) in [6.07, 6.45) is 1.71. The maximum absolute atomic E-state index is 12.4. The van der Waals surface area contributed by atoms with Gasteiger partial charge in [-0.25, -0.2) is 0 Å². The fraction of sp³-hybridized carbons (Fsp3) is 0.100. The van der Waals surface area contributed by atoms with E-state index in [1.807, 2.05) is 42.5 Å². The molecule has 0 atom stereocenters. The number of pyridine rings is 1. The summed E-state index contributed by atoms with van der Waals surface area (Å²) in [5, 5.41) is 2.86. The number of methoxy groups -OCH3 is 2. The predicted octanol–water partition coefficient (Wildman–Crippen LogP) is 4.02. The second kappa shape index (κ2) is 7.49. The van der Waals surface area contributed by atoms with Gasteiger partial charge in [-0.15, -0.1) is 0 Å². The molecule has 0 aliphatic heterocycles. The number of anilines is 1. The third-order valence-electron chi connectivity index (χ3n) is 3.74. The van der Waals surface area contributed by atoms with Gasteiger partial charge in [-0.1, -0.05) is 18.2 Å². The number of carbonyl (C=O) groups excluding carboxylic acids is 1. The average Bonchev–Trinajstić information content (AvgIpc) is 2.68. The van der Waals surface area contributed by atoms with E-state index in [1.54, 1.807) is 38.6 Å². The minimum Gasteiger partial charge on any atom is -0.497 e. The molecule has 126 valence electrons. The molecule has 0 saturated carbocycles. The molecule has 0 saturated heterocycles. The van der Waals surface area contributed by atoms with E-state index >= 15 is 0 Å². The van der Waals surface area contributed by atoms with Crippen molar-refractivity contribution in [3.05, 3.63) is 72.4 Å². The van der Waals surface area contributed by atoms with Gasteiger partial charge in [0.1, 0.15) is 17.2 Å². The fourth-order valence-corrected chi connectivity index (χ4v) is 2.46. The van der Waals surface area contributed by atoms with Crippen molar-refractivity contribution in [2.24, 2.45) is 0 Å². The Labute approximate surface area is 146 Å². The van der Waals surface area contributed by atoms with Gasteiger partial charge in [0.15, 0.2) is 0 Å². The zero-order valence-electron chi connectivity index (χ0n) is 14.0. The molecule has 2 aromatic carbocycles. The predicted molar refractivity (Wildman–Crippen MR) is 97.2 cm³/mol. The molecular weight excluding hydrogens is 316 g/mol. The van der Waals surface area contributed by atoms with Crippen LogP contribution >= 0.6 is 0 Å². The Morgan fingerprint density at radius 3 is 2.48 bits per heavy atom. The van der Waals surface area contributed by atoms with Crippen molar-refractivity contribution in [2.75, 3.05) is 19.5 Å². The summed E-state index contributed by atoms with van der Waals surface area (Å²) >= 11 is 0. The lowest BCUT2D eigenvalue weighted by molar-refractivity contribution is 0.102. The Bertz CT molecular complexity index is 876. The van der Waals surface area contributed by atoms with Gasteiger partial charge < -0.3 is 14.8 Å². The Kier molecular flexibility index (Phi) is 4.95. The highest BCUT2D eigenvalue weighted by atomic mass is 16.5. The number of nitrogens with one attached hydrogen (secondary N) is 1. The van der Waals surface area contributed by atoms with E-state index in [-0.39, 0.29) is 5.91 Å². The number of amides is 1. The maximum atomic E-state index is 12.4. The first-order valence-electron chi connectivity index (χ1n) is 7.76. The third kappa shape index (κ3) is 3.77. The number of carbonyl (C=O) groups is 1. The average molecular weight is 334 g/mol. The highest BCUT2D eigenvalue weighted by Crippen LogP contribution is 2.27. The minimum absolute atomic E-state index is 0.187. The molecule has 0 aliphatic carbocycles. The standard InChI is InChI=1S/C20H18N2O3/c1-24-17-6-3-5-16(13-17)22-20(23)15-10-8-14(9-11-15)19-18(25-2)7-4-12-21-19/h3-13H,1-2H3,(H,22,23). The monoisotopic (exact) mass is 334 g/mol. The topological polar surface area (TPSA) is 60.5 Å². The van der Waals surface area contributed by atoms with Crippen LogP contribution in [0.2, 0.25) is 0 Å². The van der Waals surface area contributed by atoms with Gasteiger partial charge in [-0.3, -0.25) is 9.78 Å². The van der Waals surface area contributed by atoms with E-state index in [0.717, 1.165) is 11.3 Å². The van der Waals surface area contributed by atoms with Crippen LogP contribution in [0.1, 0.15) is 10.4 Å². The first-order valence-corrected chi connectivity index (χ1v) is 7.76. The van der Waals surface area contributed by atoms with Crippen LogP contribution in [0.15, 0.2) is 66.9 Å². The van der Waals surface area contributed by atoms with Gasteiger partial charge in [0.05, 0.1) is 14.2 Å². The maximum Gasteiger partial charge on any atom is 0.255 e. The van der Waals surface area contributed by atoms with Crippen molar-refractivity contribution in [1.82, 2.24) is 4.98 Å². The van der Waals surface area contributed by atoms with E-state index in [0.29, 0.717) is 22.7 Å². The zero-order chi connectivity index (χ0) is 17.6. The van der Waals surface area contributed by atoms with Crippen molar-refractivity contribution in [3.63, 3.8) is 0 Å². The lowest BCUT2D eigenvalue weighted by atomic mass is 10.1. The lowest BCUT2D eigenvalue weighted by Gasteiger charge is -2.09. The number of hydrogen-bond acceptors (Lipinski definition) is 4. The van der Waals surface area contributed by atoms with Gasteiger partial charge in [0, 0.05) is 29.1 Å². The molecule has 1 amide bonds. The summed E-state index contributed by atoms with van der Waals surface area (Å²) in [6, 6.07) is 18.1. The number of rotatable bonds is 5. The minimum atomic E-state index is -0.187. The Balaban J connectivity index is 1.78. The Hall–Kier alpha value is -3.34. The molecule has 0 spiro atoms.